The maximum absolute atomic E-state index is 14.1. The number of fused-ring (bicyclic) bond motifs is 2. The maximum Gasteiger partial charge on any atom is 0.409 e. The highest BCUT2D eigenvalue weighted by Crippen LogP contribution is 2.39. The first-order chi connectivity index (χ1) is 21.6. The van der Waals surface area contributed by atoms with Gasteiger partial charge in [0.05, 0.1) is 13.7 Å². The van der Waals surface area contributed by atoms with Crippen molar-refractivity contribution in [2.45, 2.75) is 70.1 Å². The number of allylic oxidation sites excluding steroid dienone is 1. The van der Waals surface area contributed by atoms with Crippen LogP contribution < -0.4 is 16.4 Å². The number of nitrogens with two attached hydrogens (primary N) is 1. The van der Waals surface area contributed by atoms with Crippen LogP contribution in [0.1, 0.15) is 66.8 Å². The lowest BCUT2D eigenvalue weighted by molar-refractivity contribution is -0.143. The molecule has 0 unspecified atom stereocenters. The molecule has 2 aliphatic rings. The van der Waals surface area contributed by atoms with Crippen LogP contribution in [0.3, 0.4) is 0 Å². The predicted octanol–water partition coefficient (Wildman–Crippen LogP) is 1.81. The number of benzene rings is 1. The van der Waals surface area contributed by atoms with Gasteiger partial charge in [0.2, 0.25) is 11.8 Å². The minimum absolute atomic E-state index is 0.00351. The van der Waals surface area contributed by atoms with Gasteiger partial charge in [-0.3, -0.25) is 23.7 Å². The van der Waals surface area contributed by atoms with Gasteiger partial charge in [-0.05, 0) is 62.3 Å². The van der Waals surface area contributed by atoms with Gasteiger partial charge in [-0.1, -0.05) is 20.4 Å². The van der Waals surface area contributed by atoms with Gasteiger partial charge in [0.25, 0.3) is 11.4 Å². The molecule has 46 heavy (non-hydrogen) atoms. The highest BCUT2D eigenvalue weighted by molar-refractivity contribution is 7.70. The van der Waals surface area contributed by atoms with Crippen molar-refractivity contribution in [2.24, 2.45) is 11.7 Å². The lowest BCUT2D eigenvalue weighted by atomic mass is 9.98. The SMILES string of the molecule is C=C(N)CC[C@H](NC(=O)[C@@H]1CC[C@@H]2CCN(C(=O)OC)C[C@H](NC(=O)c3cc4cc(C(=O)P(=O)(O)O)ccc4[nH]3)C(=O)N21)C(C)C. The first-order valence-electron chi connectivity index (χ1n) is 15.0. The third-order valence-electron chi connectivity index (χ3n) is 8.52. The van der Waals surface area contributed by atoms with E-state index in [9.17, 15) is 38.3 Å². The van der Waals surface area contributed by atoms with Crippen molar-refractivity contribution in [1.82, 2.24) is 25.4 Å². The monoisotopic (exact) mass is 660 g/mol. The van der Waals surface area contributed by atoms with Crippen LogP contribution >= 0.6 is 7.60 Å². The van der Waals surface area contributed by atoms with Crippen molar-refractivity contribution in [1.29, 1.82) is 0 Å². The third kappa shape index (κ3) is 7.77. The zero-order chi connectivity index (χ0) is 33.9. The third-order valence-corrected chi connectivity index (χ3v) is 9.30. The van der Waals surface area contributed by atoms with Gasteiger partial charge >= 0.3 is 13.7 Å². The van der Waals surface area contributed by atoms with Crippen LogP contribution in [0, 0.1) is 5.92 Å². The van der Waals surface area contributed by atoms with E-state index < -0.39 is 43.1 Å². The fraction of sp³-hybridized carbons (Fsp3) is 0.500. The normalized spacial score (nSPS) is 20.9. The number of hydrogen-bond donors (Lipinski definition) is 6. The average Bonchev–Trinajstić information content (AvgIpc) is 3.62. The van der Waals surface area contributed by atoms with E-state index in [1.54, 1.807) is 0 Å². The second-order valence-corrected chi connectivity index (χ2v) is 13.6. The number of aromatic nitrogens is 1. The molecule has 0 aliphatic carbocycles. The number of hydrogen-bond acceptors (Lipinski definition) is 8. The largest absolute Gasteiger partial charge is 0.453 e. The summed E-state index contributed by atoms with van der Waals surface area (Å²) in [6.07, 6.45) is 1.82. The molecule has 2 saturated heterocycles. The minimum atomic E-state index is -5.02. The fourth-order valence-electron chi connectivity index (χ4n) is 6.02. The van der Waals surface area contributed by atoms with Gasteiger partial charge in [-0.15, -0.1) is 0 Å². The lowest BCUT2D eigenvalue weighted by Crippen LogP contribution is -2.61. The number of rotatable bonds is 10. The van der Waals surface area contributed by atoms with E-state index in [0.29, 0.717) is 48.7 Å². The highest BCUT2D eigenvalue weighted by atomic mass is 31.2. The molecule has 1 aromatic carbocycles. The van der Waals surface area contributed by atoms with E-state index in [1.165, 1.54) is 41.2 Å². The predicted molar refractivity (Wildman–Crippen MR) is 168 cm³/mol. The number of aromatic amines is 1. The van der Waals surface area contributed by atoms with E-state index >= 15 is 0 Å². The summed E-state index contributed by atoms with van der Waals surface area (Å²) in [4.78, 5) is 90.1. The van der Waals surface area contributed by atoms with Crippen molar-refractivity contribution in [2.75, 3.05) is 20.2 Å². The van der Waals surface area contributed by atoms with Crippen LogP contribution in [-0.2, 0) is 18.9 Å². The quantitative estimate of drug-likeness (QED) is 0.203. The minimum Gasteiger partial charge on any atom is -0.453 e. The van der Waals surface area contributed by atoms with E-state index in [0.717, 1.165) is 0 Å². The number of methoxy groups -OCH3 is 1. The van der Waals surface area contributed by atoms with Crippen molar-refractivity contribution in [3.05, 3.63) is 47.8 Å². The van der Waals surface area contributed by atoms with E-state index in [-0.39, 0.29) is 48.3 Å². The molecule has 250 valence electrons. The average molecular weight is 661 g/mol. The van der Waals surface area contributed by atoms with Crippen molar-refractivity contribution >= 4 is 47.8 Å². The van der Waals surface area contributed by atoms with Crippen LogP contribution in [0.4, 0.5) is 4.79 Å². The van der Waals surface area contributed by atoms with Crippen LogP contribution in [0.25, 0.3) is 10.9 Å². The second kappa shape index (κ2) is 14.1. The molecule has 15 nitrogen and oxygen atoms in total. The van der Waals surface area contributed by atoms with Crippen molar-refractivity contribution in [3.8, 4) is 0 Å². The molecule has 7 N–H and O–H groups in total. The molecule has 0 bridgehead atoms. The fourth-order valence-corrected chi connectivity index (χ4v) is 6.49. The van der Waals surface area contributed by atoms with E-state index in [4.69, 9.17) is 10.5 Å². The molecule has 3 heterocycles. The number of H-pyrrole nitrogens is 1. The summed E-state index contributed by atoms with van der Waals surface area (Å²) in [6.45, 7) is 7.73. The summed E-state index contributed by atoms with van der Waals surface area (Å²) in [5, 5.41) is 6.10. The lowest BCUT2D eigenvalue weighted by Gasteiger charge is -2.38. The smallest absolute Gasteiger partial charge is 0.409 e. The van der Waals surface area contributed by atoms with Gasteiger partial charge in [0, 0.05) is 40.8 Å². The molecule has 2 fully saturated rings. The summed E-state index contributed by atoms with van der Waals surface area (Å²) in [7, 11) is -3.79. The standard InChI is InChI=1S/C30H41N6O9P/c1-16(2)21(8-5-17(3)31)33-27(38)25-10-7-20-11-12-35(30(41)45-4)15-24(28(39)36(20)25)34-26(37)23-14-19-13-18(6-9-22(19)32-23)29(40)46(42,43)44/h6,9,13-14,16,20-21,24-25,32H,3,5,7-8,10-12,15,31H2,1-2,4H3,(H,33,38)(H,34,37)(H2,42,43,44)/t20-,21+,24+,25+/m1/s1. The molecule has 2 aliphatic heterocycles. The summed E-state index contributed by atoms with van der Waals surface area (Å²) in [5.41, 5.74) is 5.09. The molecule has 0 saturated carbocycles. The molecule has 0 radical (unpaired) electrons. The van der Waals surface area contributed by atoms with Gasteiger partial charge < -0.3 is 45.7 Å². The maximum atomic E-state index is 14.1. The first kappa shape index (κ1) is 34.7. The molecule has 16 heteroatoms. The van der Waals surface area contributed by atoms with Crippen LogP contribution in [-0.4, -0.2) is 98.3 Å². The number of carbonyl (C=O) groups is 5. The Kier molecular flexibility index (Phi) is 10.6. The van der Waals surface area contributed by atoms with Crippen LogP contribution in [0.5, 0.6) is 0 Å². The molecule has 0 spiro atoms. The van der Waals surface area contributed by atoms with Crippen LogP contribution in [0.2, 0.25) is 0 Å². The summed E-state index contributed by atoms with van der Waals surface area (Å²) in [5.74, 6) is -1.43. The molecule has 2 aromatic rings. The second-order valence-electron chi connectivity index (χ2n) is 12.1. The summed E-state index contributed by atoms with van der Waals surface area (Å²) >= 11 is 0. The molecule has 1 aromatic heterocycles. The highest BCUT2D eigenvalue weighted by Gasteiger charge is 2.46. The Balaban J connectivity index is 1.59. The van der Waals surface area contributed by atoms with Crippen molar-refractivity contribution < 1.29 is 43.1 Å². The first-order valence-corrected chi connectivity index (χ1v) is 16.6. The van der Waals surface area contributed by atoms with E-state index in [2.05, 4.69) is 22.2 Å². The molecular formula is C30H41N6O9P. The van der Waals surface area contributed by atoms with Crippen molar-refractivity contribution in [3.63, 3.8) is 0 Å². The number of nitrogens with one attached hydrogen (secondary N) is 3. The number of nitrogens with zero attached hydrogens (tertiary/aromatic N) is 2. The Morgan fingerprint density at radius 1 is 1.17 bits per heavy atom. The molecular weight excluding hydrogens is 619 g/mol. The van der Waals surface area contributed by atoms with Gasteiger partial charge in [-0.25, -0.2) is 4.79 Å². The number of carbonyl (C=O) groups excluding carboxylic acids is 5. The Morgan fingerprint density at radius 2 is 1.89 bits per heavy atom. The zero-order valence-corrected chi connectivity index (χ0v) is 26.9. The van der Waals surface area contributed by atoms with Gasteiger partial charge in [0.1, 0.15) is 17.8 Å². The zero-order valence-electron chi connectivity index (χ0n) is 26.0. The Bertz CT molecular complexity index is 1580. The molecule has 4 atom stereocenters. The summed E-state index contributed by atoms with van der Waals surface area (Å²) < 4.78 is 16.3. The number of amides is 4. The molecule has 4 rings (SSSR count). The Labute approximate surface area is 266 Å². The van der Waals surface area contributed by atoms with Gasteiger partial charge in [-0.2, -0.15) is 0 Å². The van der Waals surface area contributed by atoms with E-state index in [1.807, 2.05) is 13.8 Å². The molecule has 4 amide bonds. The Hall–Kier alpha value is -4.20. The topological polar surface area (TPSA) is 224 Å². The Morgan fingerprint density at radius 3 is 2.52 bits per heavy atom. The van der Waals surface area contributed by atoms with Crippen LogP contribution in [0.15, 0.2) is 36.5 Å². The summed E-state index contributed by atoms with van der Waals surface area (Å²) in [6, 6.07) is 2.70. The van der Waals surface area contributed by atoms with Gasteiger partial charge in [0.15, 0.2) is 0 Å². The number of ether oxygens (including phenoxy) is 1.